The van der Waals surface area contributed by atoms with Crippen LogP contribution in [-0.2, 0) is 4.79 Å². The van der Waals surface area contributed by atoms with Crippen molar-refractivity contribution in [3.8, 4) is 17.1 Å². The number of aromatic amines is 1. The predicted molar refractivity (Wildman–Crippen MR) is 119 cm³/mol. The number of nitrogens with zero attached hydrogens (tertiary/aromatic N) is 1. The molecule has 0 radical (unpaired) electrons. The molecule has 0 aliphatic carbocycles. The lowest BCUT2D eigenvalue weighted by Gasteiger charge is -2.09. The number of carbonyl (C=O) groups excluding carboxylic acids is 2. The van der Waals surface area contributed by atoms with Crippen LogP contribution in [0.2, 0.25) is 0 Å². The molecule has 0 saturated carbocycles. The van der Waals surface area contributed by atoms with Gasteiger partial charge in [0.25, 0.3) is 5.91 Å². The summed E-state index contributed by atoms with van der Waals surface area (Å²) in [6.07, 6.45) is 0. The number of carboxylic acid groups (broad SMARTS) is 1. The fourth-order valence-corrected chi connectivity index (χ4v) is 2.86. The summed E-state index contributed by atoms with van der Waals surface area (Å²) in [6.45, 7) is 3.69. The molecule has 0 aliphatic rings. The second-order valence-electron chi connectivity index (χ2n) is 7.24. The van der Waals surface area contributed by atoms with E-state index < -0.39 is 24.5 Å². The van der Waals surface area contributed by atoms with E-state index in [9.17, 15) is 14.4 Å². The zero-order valence-electron chi connectivity index (χ0n) is 17.5. The fraction of sp³-hybridized carbons (Fsp3) is 0.182. The molecule has 0 fully saturated rings. The molecule has 0 atom stereocenters. The van der Waals surface area contributed by atoms with Gasteiger partial charge in [0.1, 0.15) is 17.4 Å². The van der Waals surface area contributed by atoms with Gasteiger partial charge in [-0.1, -0.05) is 26.0 Å². The molecular weight excluding hydrogens is 414 g/mol. The predicted octanol–water partition coefficient (Wildman–Crippen LogP) is 3.41. The van der Waals surface area contributed by atoms with E-state index in [0.29, 0.717) is 28.7 Å². The van der Waals surface area contributed by atoms with E-state index in [2.05, 4.69) is 34.4 Å². The van der Waals surface area contributed by atoms with Crippen LogP contribution in [0, 0.1) is 0 Å². The van der Waals surface area contributed by atoms with E-state index in [4.69, 9.17) is 15.6 Å². The minimum atomic E-state index is -1.09. The third-order valence-electron chi connectivity index (χ3n) is 4.50. The van der Waals surface area contributed by atoms with Gasteiger partial charge in [0.15, 0.2) is 12.3 Å². The molecule has 2 aromatic carbocycles. The van der Waals surface area contributed by atoms with Crippen LogP contribution in [0.1, 0.15) is 35.8 Å². The SMILES string of the molecule is CC(C)c1ccc(NC(=O)Nc2[nH]c(-c3ccc(OCC(=O)O)cc3)nc2C(N)=O)cc1. The van der Waals surface area contributed by atoms with E-state index in [-0.39, 0.29) is 11.5 Å². The number of primary amides is 1. The van der Waals surface area contributed by atoms with Crippen LogP contribution < -0.4 is 21.1 Å². The molecule has 10 nitrogen and oxygen atoms in total. The number of benzene rings is 2. The third kappa shape index (κ3) is 5.63. The highest BCUT2D eigenvalue weighted by atomic mass is 16.5. The number of nitrogens with two attached hydrogens (primary N) is 1. The molecule has 1 aromatic heterocycles. The standard InChI is InChI=1S/C22H23N5O5/c1-12(2)13-3-7-15(8-4-13)24-22(31)27-21-18(19(23)30)25-20(26-21)14-5-9-16(10-6-14)32-11-17(28)29/h3-10,12H,11H2,1-2H3,(H2,23,30)(H,25,26)(H,28,29)(H2,24,27,31). The minimum absolute atomic E-state index is 0.0509. The first-order valence-electron chi connectivity index (χ1n) is 9.75. The quantitative estimate of drug-likeness (QED) is 0.363. The van der Waals surface area contributed by atoms with Crippen LogP contribution in [-0.4, -0.2) is 39.6 Å². The number of urea groups is 1. The zero-order valence-corrected chi connectivity index (χ0v) is 17.5. The van der Waals surface area contributed by atoms with Crippen molar-refractivity contribution in [1.29, 1.82) is 0 Å². The molecule has 1 heterocycles. The Balaban J connectivity index is 1.73. The first-order chi connectivity index (χ1) is 15.2. The van der Waals surface area contributed by atoms with Crippen molar-refractivity contribution in [2.24, 2.45) is 5.73 Å². The van der Waals surface area contributed by atoms with Gasteiger partial charge in [0.2, 0.25) is 0 Å². The molecule has 0 aliphatic heterocycles. The molecule has 3 amide bonds. The molecule has 0 saturated heterocycles. The lowest BCUT2D eigenvalue weighted by atomic mass is 10.0. The molecule has 166 valence electrons. The van der Waals surface area contributed by atoms with Crippen LogP contribution in [0.5, 0.6) is 5.75 Å². The number of anilines is 2. The van der Waals surface area contributed by atoms with Crippen LogP contribution in [0.25, 0.3) is 11.4 Å². The maximum absolute atomic E-state index is 12.4. The second kappa shape index (κ2) is 9.65. The van der Waals surface area contributed by atoms with E-state index in [0.717, 1.165) is 5.56 Å². The number of aliphatic carboxylic acids is 1. The normalized spacial score (nSPS) is 10.6. The zero-order chi connectivity index (χ0) is 23.3. The Morgan fingerprint density at radius 1 is 1.06 bits per heavy atom. The van der Waals surface area contributed by atoms with Gasteiger partial charge in [-0.05, 0) is 47.9 Å². The smallest absolute Gasteiger partial charge is 0.341 e. The Morgan fingerprint density at radius 2 is 1.72 bits per heavy atom. The van der Waals surface area contributed by atoms with Crippen molar-refractivity contribution in [2.45, 2.75) is 19.8 Å². The van der Waals surface area contributed by atoms with Crippen molar-refractivity contribution in [1.82, 2.24) is 9.97 Å². The molecule has 0 bridgehead atoms. The summed E-state index contributed by atoms with van der Waals surface area (Å²) in [4.78, 5) is 41.8. The molecule has 3 aromatic rings. The molecule has 32 heavy (non-hydrogen) atoms. The summed E-state index contributed by atoms with van der Waals surface area (Å²) in [7, 11) is 0. The third-order valence-corrected chi connectivity index (χ3v) is 4.50. The van der Waals surface area contributed by atoms with Gasteiger partial charge >= 0.3 is 12.0 Å². The number of ether oxygens (including phenoxy) is 1. The number of hydrogen-bond acceptors (Lipinski definition) is 5. The number of carbonyl (C=O) groups is 3. The Hall–Kier alpha value is -4.34. The number of rotatable bonds is 8. The highest BCUT2D eigenvalue weighted by molar-refractivity contribution is 6.04. The van der Waals surface area contributed by atoms with Crippen LogP contribution in [0.4, 0.5) is 16.3 Å². The van der Waals surface area contributed by atoms with Crippen molar-refractivity contribution in [3.05, 3.63) is 59.8 Å². The van der Waals surface area contributed by atoms with Gasteiger partial charge in [-0.25, -0.2) is 14.6 Å². The van der Waals surface area contributed by atoms with Crippen molar-refractivity contribution in [2.75, 3.05) is 17.2 Å². The van der Waals surface area contributed by atoms with Crippen LogP contribution in [0.15, 0.2) is 48.5 Å². The lowest BCUT2D eigenvalue weighted by Crippen LogP contribution is -2.22. The molecule has 6 N–H and O–H groups in total. The van der Waals surface area contributed by atoms with Crippen molar-refractivity contribution < 1.29 is 24.2 Å². The van der Waals surface area contributed by atoms with Crippen LogP contribution >= 0.6 is 0 Å². The maximum Gasteiger partial charge on any atom is 0.341 e. The number of hydrogen-bond donors (Lipinski definition) is 5. The Bertz CT molecular complexity index is 1120. The topological polar surface area (TPSA) is 159 Å². The summed E-state index contributed by atoms with van der Waals surface area (Å²) in [6, 6.07) is 13.2. The van der Waals surface area contributed by atoms with Gasteiger partial charge in [-0.3, -0.25) is 10.1 Å². The second-order valence-corrected chi connectivity index (χ2v) is 7.24. The lowest BCUT2D eigenvalue weighted by molar-refractivity contribution is -0.139. The van der Waals surface area contributed by atoms with E-state index in [1.807, 2.05) is 12.1 Å². The largest absolute Gasteiger partial charge is 0.482 e. The summed E-state index contributed by atoms with van der Waals surface area (Å²) in [5.74, 6) is -0.826. The number of aromatic nitrogens is 2. The average molecular weight is 437 g/mol. The summed E-state index contributed by atoms with van der Waals surface area (Å²) in [5.41, 5.74) is 7.58. The number of H-pyrrole nitrogens is 1. The highest BCUT2D eigenvalue weighted by Crippen LogP contribution is 2.24. The molecular formula is C22H23N5O5. The van der Waals surface area contributed by atoms with E-state index >= 15 is 0 Å². The number of amides is 3. The van der Waals surface area contributed by atoms with Crippen molar-refractivity contribution in [3.63, 3.8) is 0 Å². The number of carboxylic acids is 1. The van der Waals surface area contributed by atoms with Crippen molar-refractivity contribution >= 4 is 29.4 Å². The molecule has 10 heteroatoms. The van der Waals surface area contributed by atoms with E-state index in [1.54, 1.807) is 36.4 Å². The Labute approximate surface area is 183 Å². The number of nitrogens with one attached hydrogen (secondary N) is 3. The summed E-state index contributed by atoms with van der Waals surface area (Å²) < 4.78 is 5.09. The molecule has 0 unspecified atom stereocenters. The first-order valence-corrected chi connectivity index (χ1v) is 9.75. The van der Waals surface area contributed by atoms with Gasteiger partial charge in [0.05, 0.1) is 0 Å². The molecule has 3 rings (SSSR count). The average Bonchev–Trinajstić information content (AvgIpc) is 3.17. The summed E-state index contributed by atoms with van der Waals surface area (Å²) in [5, 5.41) is 13.9. The monoisotopic (exact) mass is 437 g/mol. The maximum atomic E-state index is 12.4. The van der Waals surface area contributed by atoms with Gasteiger partial charge in [-0.2, -0.15) is 0 Å². The fourth-order valence-electron chi connectivity index (χ4n) is 2.86. The molecule has 0 spiro atoms. The van der Waals surface area contributed by atoms with Crippen LogP contribution in [0.3, 0.4) is 0 Å². The highest BCUT2D eigenvalue weighted by Gasteiger charge is 2.18. The minimum Gasteiger partial charge on any atom is -0.482 e. The summed E-state index contributed by atoms with van der Waals surface area (Å²) >= 11 is 0. The van der Waals surface area contributed by atoms with Gasteiger partial charge in [0, 0.05) is 11.3 Å². The first kappa shape index (κ1) is 22.3. The Kier molecular flexibility index (Phi) is 6.74. The van der Waals surface area contributed by atoms with Gasteiger partial charge < -0.3 is 25.9 Å². The Morgan fingerprint density at radius 3 is 2.28 bits per heavy atom. The van der Waals surface area contributed by atoms with E-state index in [1.165, 1.54) is 0 Å². The van der Waals surface area contributed by atoms with Gasteiger partial charge in [-0.15, -0.1) is 0 Å². The number of imidazole rings is 1.